The molecule has 1 rings (SSSR count). The molecule has 0 aliphatic heterocycles. The van der Waals surface area contributed by atoms with Crippen LogP contribution in [0.4, 0.5) is 18.9 Å². The minimum atomic E-state index is -4.56. The van der Waals surface area contributed by atoms with Crippen LogP contribution in [0.5, 0.6) is 0 Å². The molecule has 0 aromatic heterocycles. The summed E-state index contributed by atoms with van der Waals surface area (Å²) < 4.78 is 38.0. The fraction of sp³-hybridized carbons (Fsp3) is 0.500. The predicted octanol–water partition coefficient (Wildman–Crippen LogP) is 4.38. The van der Waals surface area contributed by atoms with Gasteiger partial charge in [-0.05, 0) is 24.6 Å². The fourth-order valence-corrected chi connectivity index (χ4v) is 2.15. The van der Waals surface area contributed by atoms with Crippen LogP contribution in [0, 0.1) is 0 Å². The molecule has 2 amide bonds. The van der Waals surface area contributed by atoms with Gasteiger partial charge in [0.05, 0.1) is 16.3 Å². The van der Waals surface area contributed by atoms with Gasteiger partial charge >= 0.3 is 18.0 Å². The first kappa shape index (κ1) is 20.3. The monoisotopic (exact) mass is 364 g/mol. The van der Waals surface area contributed by atoms with E-state index in [0.29, 0.717) is 12.6 Å². The van der Waals surface area contributed by atoms with E-state index in [0.717, 1.165) is 44.2 Å². The van der Waals surface area contributed by atoms with Crippen LogP contribution in [0.2, 0.25) is 5.02 Å². The minimum absolute atomic E-state index is 0.0799. The number of carbonyl (C=O) groups excluding carboxylic acids is 2. The highest BCUT2D eigenvalue weighted by atomic mass is 35.5. The number of hydrogen-bond acceptors (Lipinski definition) is 2. The van der Waals surface area contributed by atoms with Gasteiger partial charge in [0.15, 0.2) is 0 Å². The number of alkyl halides is 3. The van der Waals surface area contributed by atoms with Crippen molar-refractivity contribution in [2.24, 2.45) is 0 Å². The zero-order chi connectivity index (χ0) is 18.2. The van der Waals surface area contributed by atoms with Crippen molar-refractivity contribution in [3.05, 3.63) is 28.8 Å². The quantitative estimate of drug-likeness (QED) is 0.557. The summed E-state index contributed by atoms with van der Waals surface area (Å²) in [6.45, 7) is 2.43. The van der Waals surface area contributed by atoms with E-state index in [-0.39, 0.29) is 10.7 Å². The zero-order valence-electron chi connectivity index (χ0n) is 13.3. The lowest BCUT2D eigenvalue weighted by atomic mass is 10.1. The molecular formula is C16H20ClF3N2O2. The molecule has 0 aliphatic carbocycles. The van der Waals surface area contributed by atoms with Crippen molar-refractivity contribution < 1.29 is 22.8 Å². The molecule has 2 N–H and O–H groups in total. The highest BCUT2D eigenvalue weighted by molar-refractivity contribution is 6.41. The molecule has 0 fully saturated rings. The maximum absolute atomic E-state index is 12.7. The van der Waals surface area contributed by atoms with E-state index in [1.54, 1.807) is 0 Å². The van der Waals surface area contributed by atoms with Crippen molar-refractivity contribution in [2.45, 2.75) is 45.2 Å². The molecule has 0 bridgehead atoms. The van der Waals surface area contributed by atoms with E-state index >= 15 is 0 Å². The minimum Gasteiger partial charge on any atom is -0.348 e. The number of hydrogen-bond donors (Lipinski definition) is 2. The molecule has 134 valence electrons. The maximum atomic E-state index is 12.7. The predicted molar refractivity (Wildman–Crippen MR) is 86.9 cm³/mol. The van der Waals surface area contributed by atoms with Crippen molar-refractivity contribution in [1.29, 1.82) is 0 Å². The van der Waals surface area contributed by atoms with Gasteiger partial charge in [-0.1, -0.05) is 44.2 Å². The SMILES string of the molecule is CCCCCCCNC(=O)C(=O)Nc1cc(C(F)(F)F)ccc1Cl. The first-order valence-electron chi connectivity index (χ1n) is 7.71. The number of nitrogens with one attached hydrogen (secondary N) is 2. The lowest BCUT2D eigenvalue weighted by Crippen LogP contribution is -2.36. The van der Waals surface area contributed by atoms with E-state index in [1.165, 1.54) is 0 Å². The fourth-order valence-electron chi connectivity index (χ4n) is 1.99. The summed E-state index contributed by atoms with van der Waals surface area (Å²) in [5.41, 5.74) is -1.21. The van der Waals surface area contributed by atoms with Gasteiger partial charge in [-0.15, -0.1) is 0 Å². The second-order valence-electron chi connectivity index (χ2n) is 5.32. The summed E-state index contributed by atoms with van der Waals surface area (Å²) in [6, 6.07) is 2.51. The highest BCUT2D eigenvalue weighted by Crippen LogP contribution is 2.33. The third kappa shape index (κ3) is 6.78. The third-order valence-corrected chi connectivity index (χ3v) is 3.64. The molecule has 0 spiro atoms. The summed E-state index contributed by atoms with van der Waals surface area (Å²) in [7, 11) is 0. The Balaban J connectivity index is 2.53. The number of halogens is 4. The van der Waals surface area contributed by atoms with E-state index in [9.17, 15) is 22.8 Å². The van der Waals surface area contributed by atoms with Gasteiger partial charge in [-0.2, -0.15) is 13.2 Å². The average Bonchev–Trinajstić information content (AvgIpc) is 2.51. The normalized spacial score (nSPS) is 11.2. The van der Waals surface area contributed by atoms with Gasteiger partial charge in [0, 0.05) is 6.54 Å². The Morgan fingerprint density at radius 2 is 1.75 bits per heavy atom. The van der Waals surface area contributed by atoms with Crippen molar-refractivity contribution in [1.82, 2.24) is 5.32 Å². The molecule has 0 radical (unpaired) electrons. The molecule has 0 saturated carbocycles. The van der Waals surface area contributed by atoms with Crippen LogP contribution in [-0.2, 0) is 15.8 Å². The molecule has 0 unspecified atom stereocenters. The first-order chi connectivity index (χ1) is 11.3. The molecule has 0 saturated heterocycles. The molecule has 4 nitrogen and oxygen atoms in total. The molecule has 8 heteroatoms. The summed E-state index contributed by atoms with van der Waals surface area (Å²) in [5.74, 6) is -1.95. The summed E-state index contributed by atoms with van der Waals surface area (Å²) in [4.78, 5) is 23.4. The molecule has 0 aliphatic rings. The smallest absolute Gasteiger partial charge is 0.348 e. The van der Waals surface area contributed by atoms with Gasteiger partial charge in [0.2, 0.25) is 0 Å². The van der Waals surface area contributed by atoms with Gasteiger partial charge in [-0.3, -0.25) is 9.59 Å². The molecule has 0 atom stereocenters. The largest absolute Gasteiger partial charge is 0.416 e. The topological polar surface area (TPSA) is 58.2 Å². The average molecular weight is 365 g/mol. The number of carbonyl (C=O) groups is 2. The van der Waals surface area contributed by atoms with E-state index < -0.39 is 23.6 Å². The summed E-state index contributed by atoms with van der Waals surface area (Å²) in [5, 5.41) is 4.45. The van der Waals surface area contributed by atoms with Gasteiger partial charge in [-0.25, -0.2) is 0 Å². The van der Waals surface area contributed by atoms with Crippen LogP contribution in [0.1, 0.15) is 44.6 Å². The number of rotatable bonds is 7. The lowest BCUT2D eigenvalue weighted by Gasteiger charge is -2.11. The summed E-state index contributed by atoms with van der Waals surface area (Å²) >= 11 is 5.76. The van der Waals surface area contributed by atoms with Crippen LogP contribution in [-0.4, -0.2) is 18.4 Å². The Labute approximate surface area is 143 Å². The van der Waals surface area contributed by atoms with Gasteiger partial charge in [0.25, 0.3) is 0 Å². The molecule has 1 aromatic rings. The van der Waals surface area contributed by atoms with Crippen molar-refractivity contribution in [3.8, 4) is 0 Å². The lowest BCUT2D eigenvalue weighted by molar-refractivity contribution is -0.137. The number of amides is 2. The number of anilines is 1. The second kappa shape index (κ2) is 9.52. The zero-order valence-corrected chi connectivity index (χ0v) is 14.1. The Morgan fingerprint density at radius 3 is 2.38 bits per heavy atom. The number of benzene rings is 1. The highest BCUT2D eigenvalue weighted by Gasteiger charge is 2.31. The molecule has 1 aromatic carbocycles. The summed E-state index contributed by atoms with van der Waals surface area (Å²) in [6.07, 6.45) is 0.386. The van der Waals surface area contributed by atoms with Crippen molar-refractivity contribution in [3.63, 3.8) is 0 Å². The van der Waals surface area contributed by atoms with Crippen LogP contribution >= 0.6 is 11.6 Å². The Kier molecular flexibility index (Phi) is 8.04. The first-order valence-corrected chi connectivity index (χ1v) is 8.09. The Bertz CT molecular complexity index is 577. The maximum Gasteiger partial charge on any atom is 0.416 e. The van der Waals surface area contributed by atoms with Gasteiger partial charge < -0.3 is 10.6 Å². The standard InChI is InChI=1S/C16H20ClF3N2O2/c1-2-3-4-5-6-9-21-14(23)15(24)22-13-10-11(16(18,19)20)7-8-12(13)17/h7-8,10H,2-6,9H2,1H3,(H,21,23)(H,22,24). The van der Waals surface area contributed by atoms with Crippen molar-refractivity contribution >= 4 is 29.1 Å². The second-order valence-corrected chi connectivity index (χ2v) is 5.72. The van der Waals surface area contributed by atoms with E-state index in [1.807, 2.05) is 0 Å². The number of unbranched alkanes of at least 4 members (excludes halogenated alkanes) is 4. The van der Waals surface area contributed by atoms with E-state index in [4.69, 9.17) is 11.6 Å². The van der Waals surface area contributed by atoms with Crippen LogP contribution in [0.3, 0.4) is 0 Å². The third-order valence-electron chi connectivity index (χ3n) is 3.31. The Hall–Kier alpha value is -1.76. The van der Waals surface area contributed by atoms with Gasteiger partial charge in [0.1, 0.15) is 0 Å². The Morgan fingerprint density at radius 1 is 1.08 bits per heavy atom. The molecule has 0 heterocycles. The van der Waals surface area contributed by atoms with E-state index in [2.05, 4.69) is 17.6 Å². The van der Waals surface area contributed by atoms with Crippen molar-refractivity contribution in [2.75, 3.05) is 11.9 Å². The van der Waals surface area contributed by atoms with Crippen LogP contribution in [0.15, 0.2) is 18.2 Å². The molecular weight excluding hydrogens is 345 g/mol. The molecule has 24 heavy (non-hydrogen) atoms. The van der Waals surface area contributed by atoms with Crippen LogP contribution in [0.25, 0.3) is 0 Å². The van der Waals surface area contributed by atoms with Crippen LogP contribution < -0.4 is 10.6 Å².